The van der Waals surface area contributed by atoms with Crippen LogP contribution in [0.3, 0.4) is 0 Å². The van der Waals surface area contributed by atoms with Gasteiger partial charge in [-0.2, -0.15) is 0 Å². The van der Waals surface area contributed by atoms with Crippen molar-refractivity contribution in [1.82, 2.24) is 14.4 Å². The number of imidazole rings is 1. The number of aryl methyl sites for hydroxylation is 1. The molecule has 4 rings (SSSR count). The molecule has 0 aliphatic heterocycles. The molecule has 5 nitrogen and oxygen atoms in total. The summed E-state index contributed by atoms with van der Waals surface area (Å²) in [6.45, 7) is 1.92. The fourth-order valence-corrected chi connectivity index (χ4v) is 2.59. The Balaban J connectivity index is 2.21. The minimum absolute atomic E-state index is 0.305. The Labute approximate surface area is 113 Å². The molecule has 20 heavy (non-hydrogen) atoms. The summed E-state index contributed by atoms with van der Waals surface area (Å²) < 4.78 is 1.67. The summed E-state index contributed by atoms with van der Waals surface area (Å²) in [6, 6.07) is 7.01. The number of pyridine rings is 2. The number of rotatable bonds is 0. The molecule has 0 amide bonds. The molecule has 0 bridgehead atoms. The Kier molecular flexibility index (Phi) is 1.99. The summed E-state index contributed by atoms with van der Waals surface area (Å²) in [5.74, 6) is -1.05. The molecule has 1 aliphatic rings. The minimum Gasteiger partial charge on any atom is -0.296 e. The van der Waals surface area contributed by atoms with Gasteiger partial charge in [0, 0.05) is 12.4 Å². The van der Waals surface area contributed by atoms with Crippen molar-refractivity contribution in [2.45, 2.75) is 6.92 Å². The third-order valence-electron chi connectivity index (χ3n) is 3.54. The van der Waals surface area contributed by atoms with Gasteiger partial charge in [-0.15, -0.1) is 0 Å². The summed E-state index contributed by atoms with van der Waals surface area (Å²) in [6.07, 6.45) is 3.34. The van der Waals surface area contributed by atoms with Crippen molar-refractivity contribution in [1.29, 1.82) is 0 Å². The molecule has 3 aromatic rings. The highest BCUT2D eigenvalue weighted by Gasteiger charge is 2.35. The normalized spacial score (nSPS) is 13.4. The fraction of sp³-hybridized carbons (Fsp3) is 0.0667. The first kappa shape index (κ1) is 11.0. The maximum atomic E-state index is 12.3. The van der Waals surface area contributed by atoms with Crippen LogP contribution in [0.5, 0.6) is 0 Å². The molecule has 0 aromatic carbocycles. The molecular weight excluding hydrogens is 254 g/mol. The van der Waals surface area contributed by atoms with E-state index in [0.29, 0.717) is 28.3 Å². The Morgan fingerprint density at radius 1 is 1.05 bits per heavy atom. The van der Waals surface area contributed by atoms with Gasteiger partial charge in [0.1, 0.15) is 22.7 Å². The van der Waals surface area contributed by atoms with Crippen LogP contribution in [-0.2, 0) is 0 Å². The van der Waals surface area contributed by atoms with Crippen molar-refractivity contribution < 1.29 is 9.59 Å². The summed E-state index contributed by atoms with van der Waals surface area (Å²) >= 11 is 0. The molecule has 0 atom stereocenters. The number of nitrogens with zero attached hydrogens (tertiary/aromatic N) is 3. The van der Waals surface area contributed by atoms with Gasteiger partial charge in [-0.05, 0) is 30.7 Å². The number of Topliss-reactive ketones (excluding diaryl/α,β-unsaturated/α-hetero) is 2. The predicted octanol–water partition coefficient (Wildman–Crippen LogP) is 2.08. The molecule has 0 unspecified atom stereocenters. The van der Waals surface area contributed by atoms with Crippen molar-refractivity contribution in [3.8, 4) is 11.4 Å². The molecular formula is C15H9N3O2. The minimum atomic E-state index is -0.529. The molecule has 3 aromatic heterocycles. The standard InChI is InChI=1S/C15H9N3O2/c1-8-4-3-7-18-12-11(17-15(8)18)10-9(5-2-6-16-10)13(19)14(12)20/h2-7H,1H3. The van der Waals surface area contributed by atoms with E-state index < -0.39 is 11.6 Å². The van der Waals surface area contributed by atoms with Gasteiger partial charge in [-0.1, -0.05) is 6.07 Å². The number of aromatic nitrogens is 3. The van der Waals surface area contributed by atoms with Gasteiger partial charge in [-0.25, -0.2) is 4.98 Å². The molecule has 0 radical (unpaired) electrons. The van der Waals surface area contributed by atoms with E-state index in [2.05, 4.69) is 9.97 Å². The number of hydrogen-bond donors (Lipinski definition) is 0. The quantitative estimate of drug-likeness (QED) is 0.582. The second-order valence-electron chi connectivity index (χ2n) is 4.75. The summed E-state index contributed by atoms with van der Waals surface area (Å²) in [4.78, 5) is 33.2. The second kappa shape index (κ2) is 3.60. The number of carbonyl (C=O) groups is 2. The maximum absolute atomic E-state index is 12.3. The topological polar surface area (TPSA) is 64.3 Å². The molecule has 96 valence electrons. The lowest BCUT2D eigenvalue weighted by Gasteiger charge is -2.12. The van der Waals surface area contributed by atoms with Crippen LogP contribution >= 0.6 is 0 Å². The number of fused-ring (bicyclic) bond motifs is 5. The average Bonchev–Trinajstić information content (AvgIpc) is 2.86. The number of carbonyl (C=O) groups excluding carboxylic acids is 2. The average molecular weight is 263 g/mol. The van der Waals surface area contributed by atoms with E-state index in [1.165, 1.54) is 0 Å². The van der Waals surface area contributed by atoms with Crippen molar-refractivity contribution in [2.24, 2.45) is 0 Å². The van der Waals surface area contributed by atoms with E-state index in [1.54, 1.807) is 28.9 Å². The van der Waals surface area contributed by atoms with E-state index in [-0.39, 0.29) is 0 Å². The lowest BCUT2D eigenvalue weighted by atomic mass is 9.94. The van der Waals surface area contributed by atoms with E-state index >= 15 is 0 Å². The van der Waals surface area contributed by atoms with Crippen LogP contribution in [0.25, 0.3) is 17.0 Å². The summed E-state index contributed by atoms with van der Waals surface area (Å²) in [7, 11) is 0. The van der Waals surface area contributed by atoms with E-state index in [9.17, 15) is 9.59 Å². The lowest BCUT2D eigenvalue weighted by Crippen LogP contribution is -2.23. The van der Waals surface area contributed by atoms with Gasteiger partial charge in [0.2, 0.25) is 5.78 Å². The molecule has 0 saturated heterocycles. The van der Waals surface area contributed by atoms with Crippen LogP contribution in [0.2, 0.25) is 0 Å². The zero-order chi connectivity index (χ0) is 13.9. The van der Waals surface area contributed by atoms with Crippen LogP contribution in [0.15, 0.2) is 36.7 Å². The molecule has 0 fully saturated rings. The van der Waals surface area contributed by atoms with Crippen molar-refractivity contribution in [2.75, 3.05) is 0 Å². The van der Waals surface area contributed by atoms with Crippen molar-refractivity contribution in [3.63, 3.8) is 0 Å². The second-order valence-corrected chi connectivity index (χ2v) is 4.75. The summed E-state index contributed by atoms with van der Waals surface area (Å²) in [5, 5.41) is 0. The zero-order valence-corrected chi connectivity index (χ0v) is 10.6. The first-order chi connectivity index (χ1) is 9.68. The maximum Gasteiger partial charge on any atom is 0.252 e. The van der Waals surface area contributed by atoms with Gasteiger partial charge < -0.3 is 0 Å². The SMILES string of the molecule is Cc1cccn2c3c(nc12)-c1ncccc1C(=O)C3=O. The van der Waals surface area contributed by atoms with E-state index in [1.807, 2.05) is 19.1 Å². The van der Waals surface area contributed by atoms with Crippen LogP contribution in [0.1, 0.15) is 26.4 Å². The zero-order valence-electron chi connectivity index (χ0n) is 10.6. The molecule has 5 heteroatoms. The molecule has 1 aliphatic carbocycles. The Morgan fingerprint density at radius 2 is 1.90 bits per heavy atom. The number of hydrogen-bond acceptors (Lipinski definition) is 4. The van der Waals surface area contributed by atoms with E-state index in [4.69, 9.17) is 0 Å². The van der Waals surface area contributed by atoms with Crippen molar-refractivity contribution >= 4 is 17.2 Å². The Morgan fingerprint density at radius 3 is 2.75 bits per heavy atom. The third-order valence-corrected chi connectivity index (χ3v) is 3.54. The smallest absolute Gasteiger partial charge is 0.252 e. The monoisotopic (exact) mass is 263 g/mol. The Hall–Kier alpha value is -2.82. The van der Waals surface area contributed by atoms with E-state index in [0.717, 1.165) is 5.56 Å². The fourth-order valence-electron chi connectivity index (χ4n) is 2.59. The van der Waals surface area contributed by atoms with Gasteiger partial charge in [0.25, 0.3) is 5.78 Å². The summed E-state index contributed by atoms with van der Waals surface area (Å²) in [5.41, 5.74) is 3.22. The predicted molar refractivity (Wildman–Crippen MR) is 71.8 cm³/mol. The van der Waals surface area contributed by atoms with Crippen LogP contribution in [-0.4, -0.2) is 25.9 Å². The highest BCUT2D eigenvalue weighted by Crippen LogP contribution is 2.32. The Bertz CT molecular complexity index is 909. The lowest BCUT2D eigenvalue weighted by molar-refractivity contribution is 0.0811. The highest BCUT2D eigenvalue weighted by atomic mass is 16.2. The third kappa shape index (κ3) is 1.21. The van der Waals surface area contributed by atoms with Gasteiger partial charge >= 0.3 is 0 Å². The van der Waals surface area contributed by atoms with Crippen LogP contribution in [0, 0.1) is 6.92 Å². The largest absolute Gasteiger partial charge is 0.296 e. The van der Waals surface area contributed by atoms with Gasteiger partial charge in [0.15, 0.2) is 0 Å². The molecule has 3 heterocycles. The first-order valence-electron chi connectivity index (χ1n) is 6.20. The van der Waals surface area contributed by atoms with Crippen LogP contribution in [0.4, 0.5) is 0 Å². The molecule has 0 saturated carbocycles. The van der Waals surface area contributed by atoms with Gasteiger partial charge in [0.05, 0.1) is 5.56 Å². The number of ketones is 2. The highest BCUT2D eigenvalue weighted by molar-refractivity contribution is 6.52. The molecule has 0 N–H and O–H groups in total. The van der Waals surface area contributed by atoms with Crippen molar-refractivity contribution in [3.05, 3.63) is 53.5 Å². The molecule has 0 spiro atoms. The van der Waals surface area contributed by atoms with Crippen LogP contribution < -0.4 is 0 Å². The first-order valence-corrected chi connectivity index (χ1v) is 6.20. The van der Waals surface area contributed by atoms with Gasteiger partial charge in [-0.3, -0.25) is 19.0 Å².